The van der Waals surface area contributed by atoms with Gasteiger partial charge in [0.15, 0.2) is 0 Å². The van der Waals surface area contributed by atoms with Gasteiger partial charge in [0.05, 0.1) is 4.92 Å². The van der Waals surface area contributed by atoms with E-state index >= 15 is 0 Å². The smallest absolute Gasteiger partial charge is 0.328 e. The highest BCUT2D eigenvalue weighted by Crippen LogP contribution is 2.28. The molecule has 0 saturated carbocycles. The van der Waals surface area contributed by atoms with Crippen molar-refractivity contribution < 1.29 is 14.1 Å². The number of benzene rings is 1. The molecular formula is C17H14FN5O3. The van der Waals surface area contributed by atoms with Crippen molar-refractivity contribution in [3.63, 3.8) is 0 Å². The second-order valence-electron chi connectivity index (χ2n) is 5.80. The zero-order chi connectivity index (χ0) is 18.7. The van der Waals surface area contributed by atoms with Crippen molar-refractivity contribution in [1.29, 1.82) is 5.26 Å². The van der Waals surface area contributed by atoms with Crippen LogP contribution in [0.2, 0.25) is 0 Å². The quantitative estimate of drug-likeness (QED) is 0.650. The van der Waals surface area contributed by atoms with Gasteiger partial charge in [-0.15, -0.1) is 0 Å². The van der Waals surface area contributed by atoms with Crippen LogP contribution >= 0.6 is 0 Å². The van der Waals surface area contributed by atoms with E-state index in [1.807, 2.05) is 0 Å². The zero-order valence-electron chi connectivity index (χ0n) is 13.6. The van der Waals surface area contributed by atoms with Crippen molar-refractivity contribution >= 4 is 17.4 Å². The number of amides is 1. The SMILES string of the molecule is N#Cc1ccnc(NC2CCN(Cc3ccc(F)cc3)C2=O)c1[N+](=O)[O-]. The van der Waals surface area contributed by atoms with Crippen LogP contribution in [0.1, 0.15) is 17.5 Å². The molecule has 1 amide bonds. The third kappa shape index (κ3) is 3.44. The van der Waals surface area contributed by atoms with E-state index in [1.54, 1.807) is 23.1 Å². The maximum Gasteiger partial charge on any atom is 0.328 e. The number of nitrogens with zero attached hydrogens (tertiary/aromatic N) is 4. The van der Waals surface area contributed by atoms with E-state index < -0.39 is 16.7 Å². The molecule has 0 aliphatic carbocycles. The van der Waals surface area contributed by atoms with Gasteiger partial charge in [0.2, 0.25) is 11.7 Å². The van der Waals surface area contributed by atoms with Crippen molar-refractivity contribution in [1.82, 2.24) is 9.88 Å². The molecule has 1 unspecified atom stereocenters. The summed E-state index contributed by atoms with van der Waals surface area (Å²) >= 11 is 0. The molecule has 1 saturated heterocycles. The summed E-state index contributed by atoms with van der Waals surface area (Å²) in [5, 5.41) is 23.0. The number of hydrogen-bond acceptors (Lipinski definition) is 6. The number of nitrogens with one attached hydrogen (secondary N) is 1. The highest BCUT2D eigenvalue weighted by Gasteiger charge is 2.34. The Bertz CT molecular complexity index is 894. The Morgan fingerprint density at radius 2 is 2.12 bits per heavy atom. The van der Waals surface area contributed by atoms with Gasteiger partial charge in [-0.05, 0) is 30.2 Å². The third-order valence-electron chi connectivity index (χ3n) is 4.12. The molecule has 9 heteroatoms. The molecule has 8 nitrogen and oxygen atoms in total. The van der Waals surface area contributed by atoms with E-state index in [2.05, 4.69) is 10.3 Å². The molecule has 1 fully saturated rings. The molecule has 2 heterocycles. The van der Waals surface area contributed by atoms with Gasteiger partial charge in [-0.3, -0.25) is 14.9 Å². The van der Waals surface area contributed by atoms with E-state index in [0.717, 1.165) is 5.56 Å². The Hall–Kier alpha value is -3.54. The van der Waals surface area contributed by atoms with E-state index in [1.165, 1.54) is 24.4 Å². The number of nitriles is 1. The van der Waals surface area contributed by atoms with E-state index in [9.17, 15) is 19.3 Å². The largest absolute Gasteiger partial charge is 0.353 e. The second kappa shape index (κ2) is 7.14. The molecule has 0 bridgehead atoms. The predicted molar refractivity (Wildman–Crippen MR) is 89.5 cm³/mol. The molecule has 1 N–H and O–H groups in total. The van der Waals surface area contributed by atoms with Gasteiger partial charge in [0.1, 0.15) is 23.5 Å². The topological polar surface area (TPSA) is 112 Å². The molecule has 1 aliphatic rings. The van der Waals surface area contributed by atoms with Gasteiger partial charge in [-0.2, -0.15) is 5.26 Å². The first-order chi connectivity index (χ1) is 12.5. The minimum Gasteiger partial charge on any atom is -0.353 e. The van der Waals surface area contributed by atoms with Gasteiger partial charge in [-0.25, -0.2) is 9.37 Å². The molecule has 2 aromatic rings. The second-order valence-corrected chi connectivity index (χ2v) is 5.80. The first-order valence-corrected chi connectivity index (χ1v) is 7.83. The Morgan fingerprint density at radius 3 is 2.77 bits per heavy atom. The summed E-state index contributed by atoms with van der Waals surface area (Å²) in [5.41, 5.74) is 0.219. The van der Waals surface area contributed by atoms with E-state index in [0.29, 0.717) is 19.5 Å². The molecule has 3 rings (SSSR count). The molecule has 0 spiro atoms. The standard InChI is InChI=1S/C17H14FN5O3/c18-13-3-1-11(2-4-13)10-22-8-6-14(17(22)24)21-16-15(23(25)26)12(9-19)5-7-20-16/h1-5,7,14H,6,8,10H2,(H,20,21). The summed E-state index contributed by atoms with van der Waals surface area (Å²) < 4.78 is 13.0. The van der Waals surface area contributed by atoms with Crippen LogP contribution in [0.25, 0.3) is 0 Å². The van der Waals surface area contributed by atoms with E-state index in [4.69, 9.17) is 5.26 Å². The molecule has 1 aromatic heterocycles. The van der Waals surface area contributed by atoms with Crippen molar-refractivity contribution in [3.05, 3.63) is 63.6 Å². The van der Waals surface area contributed by atoms with Crippen LogP contribution in [0.5, 0.6) is 0 Å². The Morgan fingerprint density at radius 1 is 1.38 bits per heavy atom. The fourth-order valence-corrected chi connectivity index (χ4v) is 2.84. The molecule has 26 heavy (non-hydrogen) atoms. The summed E-state index contributed by atoms with van der Waals surface area (Å²) in [5.74, 6) is -0.680. The molecular weight excluding hydrogens is 341 g/mol. The number of halogens is 1. The Labute approximate surface area is 148 Å². The lowest BCUT2D eigenvalue weighted by molar-refractivity contribution is -0.384. The molecule has 132 valence electrons. The molecule has 1 aliphatic heterocycles. The summed E-state index contributed by atoms with van der Waals surface area (Å²) in [4.78, 5) is 28.6. The lowest BCUT2D eigenvalue weighted by Gasteiger charge is -2.17. The highest BCUT2D eigenvalue weighted by atomic mass is 19.1. The van der Waals surface area contributed by atoms with Crippen molar-refractivity contribution in [2.45, 2.75) is 19.0 Å². The van der Waals surface area contributed by atoms with Gasteiger partial charge in [0, 0.05) is 19.3 Å². The van der Waals surface area contributed by atoms with Crippen LogP contribution in [-0.4, -0.2) is 33.3 Å². The number of pyridine rings is 1. The van der Waals surface area contributed by atoms with Crippen molar-refractivity contribution in [2.24, 2.45) is 0 Å². The monoisotopic (exact) mass is 355 g/mol. The van der Waals surface area contributed by atoms with Crippen LogP contribution in [0.4, 0.5) is 15.9 Å². The number of hydrogen-bond donors (Lipinski definition) is 1. The van der Waals surface area contributed by atoms with Gasteiger partial charge < -0.3 is 10.2 Å². The summed E-state index contributed by atoms with van der Waals surface area (Å²) in [6, 6.07) is 8.19. The van der Waals surface area contributed by atoms with Crippen LogP contribution in [0.15, 0.2) is 36.5 Å². The third-order valence-corrected chi connectivity index (χ3v) is 4.12. The molecule has 0 radical (unpaired) electrons. The van der Waals surface area contributed by atoms with Crippen LogP contribution in [-0.2, 0) is 11.3 Å². The average Bonchev–Trinajstić information content (AvgIpc) is 2.96. The van der Waals surface area contributed by atoms with Crippen molar-refractivity contribution in [3.8, 4) is 6.07 Å². The number of likely N-dealkylation sites (tertiary alicyclic amines) is 1. The summed E-state index contributed by atoms with van der Waals surface area (Å²) in [7, 11) is 0. The van der Waals surface area contributed by atoms with Crippen LogP contribution in [0, 0.1) is 27.3 Å². The minimum absolute atomic E-state index is 0.101. The predicted octanol–water partition coefficient (Wildman–Crippen LogP) is 2.21. The fourth-order valence-electron chi connectivity index (χ4n) is 2.84. The first-order valence-electron chi connectivity index (χ1n) is 7.83. The summed E-state index contributed by atoms with van der Waals surface area (Å²) in [6.07, 6.45) is 1.72. The lowest BCUT2D eigenvalue weighted by Crippen LogP contribution is -2.33. The Balaban J connectivity index is 1.74. The normalized spacial score (nSPS) is 16.4. The molecule has 1 atom stereocenters. The zero-order valence-corrected chi connectivity index (χ0v) is 13.6. The van der Waals surface area contributed by atoms with E-state index in [-0.39, 0.29) is 23.1 Å². The summed E-state index contributed by atoms with van der Waals surface area (Å²) in [6.45, 7) is 0.782. The number of aromatic nitrogens is 1. The minimum atomic E-state index is -0.691. The lowest BCUT2D eigenvalue weighted by atomic mass is 10.2. The van der Waals surface area contributed by atoms with Gasteiger partial charge >= 0.3 is 5.69 Å². The Kier molecular flexibility index (Phi) is 4.75. The van der Waals surface area contributed by atoms with Gasteiger partial charge in [0.25, 0.3) is 0 Å². The highest BCUT2D eigenvalue weighted by molar-refractivity contribution is 5.87. The van der Waals surface area contributed by atoms with Crippen LogP contribution < -0.4 is 5.32 Å². The molecule has 1 aromatic carbocycles. The maximum absolute atomic E-state index is 13.0. The fraction of sp³-hybridized carbons (Fsp3) is 0.235. The number of carbonyl (C=O) groups excluding carboxylic acids is 1. The first kappa shape index (κ1) is 17.3. The number of anilines is 1. The number of nitro groups is 1. The van der Waals surface area contributed by atoms with Crippen LogP contribution in [0.3, 0.4) is 0 Å². The van der Waals surface area contributed by atoms with Crippen molar-refractivity contribution in [2.75, 3.05) is 11.9 Å². The average molecular weight is 355 g/mol. The number of carbonyl (C=O) groups is 1. The number of rotatable bonds is 5. The maximum atomic E-state index is 13.0. The van der Waals surface area contributed by atoms with Gasteiger partial charge in [-0.1, -0.05) is 12.1 Å².